The van der Waals surface area contributed by atoms with Crippen LogP contribution < -0.4 is 15.4 Å². The standard InChI is InChI=1S/C21H20N2O4S/c1-28(25,26)18-11-7-8-16(14-18)22-15-21(24)23-19-12-5-6-13-20(19)27-17-9-3-2-4-10-17/h2-14,22H,15H2,1H3,(H,23,24). The third-order valence-corrected chi connectivity index (χ3v) is 4.96. The monoisotopic (exact) mass is 396 g/mol. The summed E-state index contributed by atoms with van der Waals surface area (Å²) in [5.74, 6) is 0.912. The molecule has 0 aromatic heterocycles. The van der Waals surface area contributed by atoms with Crippen LogP contribution in [0.5, 0.6) is 11.5 Å². The SMILES string of the molecule is CS(=O)(=O)c1cccc(NCC(=O)Nc2ccccc2Oc2ccccc2)c1. The van der Waals surface area contributed by atoms with Crippen molar-refractivity contribution in [2.75, 3.05) is 23.4 Å². The molecule has 3 aromatic carbocycles. The van der Waals surface area contributed by atoms with Crippen LogP contribution in [0.15, 0.2) is 83.8 Å². The van der Waals surface area contributed by atoms with Gasteiger partial charge < -0.3 is 15.4 Å². The van der Waals surface area contributed by atoms with Gasteiger partial charge in [0.15, 0.2) is 15.6 Å². The molecule has 3 aromatic rings. The van der Waals surface area contributed by atoms with Gasteiger partial charge in [-0.1, -0.05) is 36.4 Å². The van der Waals surface area contributed by atoms with Gasteiger partial charge in [-0.05, 0) is 42.5 Å². The molecule has 28 heavy (non-hydrogen) atoms. The molecule has 7 heteroatoms. The average Bonchev–Trinajstić information content (AvgIpc) is 2.68. The summed E-state index contributed by atoms with van der Waals surface area (Å²) in [5.41, 5.74) is 1.09. The number of anilines is 2. The first-order chi connectivity index (χ1) is 13.4. The lowest BCUT2D eigenvalue weighted by Crippen LogP contribution is -2.22. The summed E-state index contributed by atoms with van der Waals surface area (Å²) in [6, 6.07) is 22.8. The summed E-state index contributed by atoms with van der Waals surface area (Å²) >= 11 is 0. The van der Waals surface area contributed by atoms with Gasteiger partial charge in [-0.2, -0.15) is 0 Å². The molecule has 0 heterocycles. The molecule has 1 amide bonds. The molecule has 0 spiro atoms. The Balaban J connectivity index is 1.64. The highest BCUT2D eigenvalue weighted by Crippen LogP contribution is 2.29. The lowest BCUT2D eigenvalue weighted by Gasteiger charge is -2.13. The first kappa shape index (κ1) is 19.4. The molecule has 0 bridgehead atoms. The Kier molecular flexibility index (Phi) is 5.96. The second kappa shape index (κ2) is 8.58. The number of hydrogen-bond donors (Lipinski definition) is 2. The maximum atomic E-state index is 12.3. The van der Waals surface area contributed by atoms with E-state index in [4.69, 9.17) is 4.74 Å². The Labute approximate surface area is 164 Å². The van der Waals surface area contributed by atoms with E-state index in [1.54, 1.807) is 30.3 Å². The fourth-order valence-electron chi connectivity index (χ4n) is 2.49. The van der Waals surface area contributed by atoms with E-state index in [2.05, 4.69) is 10.6 Å². The second-order valence-corrected chi connectivity index (χ2v) is 8.13. The third kappa shape index (κ3) is 5.34. The normalized spacial score (nSPS) is 10.9. The number of para-hydroxylation sites is 3. The number of carbonyl (C=O) groups excluding carboxylic acids is 1. The van der Waals surface area contributed by atoms with E-state index in [0.717, 1.165) is 6.26 Å². The largest absolute Gasteiger partial charge is 0.455 e. The van der Waals surface area contributed by atoms with E-state index >= 15 is 0 Å². The number of amides is 1. The minimum absolute atomic E-state index is 0.0209. The molecule has 6 nitrogen and oxygen atoms in total. The second-order valence-electron chi connectivity index (χ2n) is 6.11. The predicted octanol–water partition coefficient (Wildman–Crippen LogP) is 3.93. The molecule has 0 aliphatic rings. The highest BCUT2D eigenvalue weighted by atomic mass is 32.2. The smallest absolute Gasteiger partial charge is 0.243 e. The Bertz CT molecular complexity index is 1070. The Hall–Kier alpha value is -3.32. The quantitative estimate of drug-likeness (QED) is 0.632. The van der Waals surface area contributed by atoms with Crippen LogP contribution in [-0.2, 0) is 14.6 Å². The van der Waals surface area contributed by atoms with Crippen molar-refractivity contribution in [2.24, 2.45) is 0 Å². The summed E-state index contributed by atoms with van der Waals surface area (Å²) in [6.07, 6.45) is 1.14. The van der Waals surface area contributed by atoms with Gasteiger partial charge in [-0.15, -0.1) is 0 Å². The summed E-state index contributed by atoms with van der Waals surface area (Å²) in [4.78, 5) is 12.5. The number of benzene rings is 3. The Morgan fingerprint density at radius 3 is 2.39 bits per heavy atom. The summed E-state index contributed by atoms with van der Waals surface area (Å²) in [6.45, 7) is -0.0209. The molecule has 0 radical (unpaired) electrons. The minimum atomic E-state index is -3.30. The molecular formula is C21H20N2O4S. The molecule has 0 aliphatic carbocycles. The summed E-state index contributed by atoms with van der Waals surface area (Å²) < 4.78 is 29.1. The van der Waals surface area contributed by atoms with Crippen molar-refractivity contribution in [2.45, 2.75) is 4.90 Å². The van der Waals surface area contributed by atoms with Crippen molar-refractivity contribution < 1.29 is 17.9 Å². The van der Waals surface area contributed by atoms with E-state index in [0.29, 0.717) is 22.9 Å². The maximum Gasteiger partial charge on any atom is 0.243 e. The molecule has 0 atom stereocenters. The zero-order chi connectivity index (χ0) is 20.0. The van der Waals surface area contributed by atoms with Crippen molar-refractivity contribution in [3.05, 3.63) is 78.9 Å². The minimum Gasteiger partial charge on any atom is -0.455 e. The summed E-state index contributed by atoms with van der Waals surface area (Å²) in [7, 11) is -3.30. The fourth-order valence-corrected chi connectivity index (χ4v) is 3.15. The number of rotatable bonds is 7. The van der Waals surface area contributed by atoms with Gasteiger partial charge >= 0.3 is 0 Å². The molecular weight excluding hydrogens is 376 g/mol. The van der Waals surface area contributed by atoms with Crippen LogP contribution in [0.3, 0.4) is 0 Å². The summed E-state index contributed by atoms with van der Waals surface area (Å²) in [5, 5.41) is 5.73. The van der Waals surface area contributed by atoms with Gasteiger partial charge in [0.1, 0.15) is 5.75 Å². The van der Waals surface area contributed by atoms with Crippen LogP contribution in [0.4, 0.5) is 11.4 Å². The Morgan fingerprint density at radius 2 is 1.64 bits per heavy atom. The predicted molar refractivity (Wildman–Crippen MR) is 110 cm³/mol. The van der Waals surface area contributed by atoms with E-state index in [1.807, 2.05) is 36.4 Å². The van der Waals surface area contributed by atoms with Gasteiger partial charge in [-0.3, -0.25) is 4.79 Å². The van der Waals surface area contributed by atoms with Crippen LogP contribution >= 0.6 is 0 Å². The van der Waals surface area contributed by atoms with Crippen LogP contribution in [0.25, 0.3) is 0 Å². The lowest BCUT2D eigenvalue weighted by molar-refractivity contribution is -0.114. The van der Waals surface area contributed by atoms with Crippen molar-refractivity contribution in [3.8, 4) is 11.5 Å². The molecule has 2 N–H and O–H groups in total. The molecule has 0 fully saturated rings. The topological polar surface area (TPSA) is 84.5 Å². The van der Waals surface area contributed by atoms with Gasteiger partial charge in [0.05, 0.1) is 17.1 Å². The van der Waals surface area contributed by atoms with E-state index < -0.39 is 9.84 Å². The van der Waals surface area contributed by atoms with Gasteiger partial charge in [-0.25, -0.2) is 8.42 Å². The molecule has 144 valence electrons. The zero-order valence-corrected chi connectivity index (χ0v) is 16.1. The lowest BCUT2D eigenvalue weighted by atomic mass is 10.2. The van der Waals surface area contributed by atoms with Crippen molar-refractivity contribution in [3.63, 3.8) is 0 Å². The fraction of sp³-hybridized carbons (Fsp3) is 0.0952. The van der Waals surface area contributed by atoms with Crippen LogP contribution in [-0.4, -0.2) is 27.1 Å². The first-order valence-corrected chi connectivity index (χ1v) is 10.5. The van der Waals surface area contributed by atoms with Crippen LogP contribution in [0.2, 0.25) is 0 Å². The molecule has 0 aliphatic heterocycles. The van der Waals surface area contributed by atoms with E-state index in [1.165, 1.54) is 12.1 Å². The molecule has 3 rings (SSSR count). The van der Waals surface area contributed by atoms with E-state index in [-0.39, 0.29) is 17.3 Å². The van der Waals surface area contributed by atoms with Gasteiger partial charge in [0, 0.05) is 11.9 Å². The first-order valence-electron chi connectivity index (χ1n) is 8.57. The third-order valence-electron chi connectivity index (χ3n) is 3.85. The zero-order valence-electron chi connectivity index (χ0n) is 15.3. The van der Waals surface area contributed by atoms with Crippen molar-refractivity contribution in [1.29, 1.82) is 0 Å². The molecule has 0 saturated heterocycles. The van der Waals surface area contributed by atoms with Gasteiger partial charge in [0.25, 0.3) is 0 Å². The number of ether oxygens (including phenoxy) is 1. The number of carbonyl (C=O) groups is 1. The van der Waals surface area contributed by atoms with Crippen LogP contribution in [0.1, 0.15) is 0 Å². The number of hydrogen-bond acceptors (Lipinski definition) is 5. The van der Waals surface area contributed by atoms with Crippen molar-refractivity contribution >= 4 is 27.1 Å². The number of sulfone groups is 1. The van der Waals surface area contributed by atoms with Crippen molar-refractivity contribution in [1.82, 2.24) is 0 Å². The molecule has 0 unspecified atom stereocenters. The maximum absolute atomic E-state index is 12.3. The van der Waals surface area contributed by atoms with Crippen LogP contribution in [0, 0.1) is 0 Å². The number of nitrogens with one attached hydrogen (secondary N) is 2. The Morgan fingerprint density at radius 1 is 0.929 bits per heavy atom. The highest BCUT2D eigenvalue weighted by molar-refractivity contribution is 7.90. The molecule has 0 saturated carbocycles. The van der Waals surface area contributed by atoms with Gasteiger partial charge in [0.2, 0.25) is 5.91 Å². The van der Waals surface area contributed by atoms with E-state index in [9.17, 15) is 13.2 Å². The highest BCUT2D eigenvalue weighted by Gasteiger charge is 2.10. The average molecular weight is 396 g/mol.